The van der Waals surface area contributed by atoms with Gasteiger partial charge in [-0.25, -0.2) is 0 Å². The first-order valence-corrected chi connectivity index (χ1v) is 8.01. The minimum absolute atomic E-state index is 0.240. The summed E-state index contributed by atoms with van der Waals surface area (Å²) in [5.41, 5.74) is 0.455. The first-order valence-electron chi connectivity index (χ1n) is 8.01. The van der Waals surface area contributed by atoms with Crippen molar-refractivity contribution in [1.29, 1.82) is 0 Å². The summed E-state index contributed by atoms with van der Waals surface area (Å²) in [7, 11) is 0. The van der Waals surface area contributed by atoms with Crippen LogP contribution in [0.25, 0.3) is 0 Å². The molecule has 1 saturated heterocycles. The largest absolute Gasteiger partial charge is 0.466 e. The lowest BCUT2D eigenvalue weighted by Gasteiger charge is -2.33. The predicted octanol–water partition coefficient (Wildman–Crippen LogP) is 0.605. The molecule has 1 aromatic rings. The number of rotatable bonds is 6. The topological polar surface area (TPSA) is 99.0 Å². The molecule has 1 heterocycles. The molecule has 0 aromatic heterocycles. The van der Waals surface area contributed by atoms with E-state index in [2.05, 4.69) is 5.32 Å². The summed E-state index contributed by atoms with van der Waals surface area (Å²) >= 11 is 0. The highest BCUT2D eigenvalue weighted by atomic mass is 16.5. The van der Waals surface area contributed by atoms with Crippen LogP contribution in [-0.2, 0) is 15.1 Å². The van der Waals surface area contributed by atoms with E-state index in [1.807, 2.05) is 0 Å². The maximum atomic E-state index is 11.4. The Morgan fingerprint density at radius 1 is 1.26 bits per heavy atom. The number of carbonyl (C=O) groups excluding carboxylic acids is 1. The van der Waals surface area contributed by atoms with Gasteiger partial charge in [-0.3, -0.25) is 4.79 Å². The molecule has 128 valence electrons. The monoisotopic (exact) mass is 323 g/mol. The van der Waals surface area contributed by atoms with Crippen LogP contribution in [-0.4, -0.2) is 47.1 Å². The van der Waals surface area contributed by atoms with Crippen LogP contribution in [0.4, 0.5) is 0 Å². The Morgan fingerprint density at radius 2 is 1.87 bits per heavy atom. The van der Waals surface area contributed by atoms with Crippen LogP contribution in [0.1, 0.15) is 43.4 Å². The van der Waals surface area contributed by atoms with E-state index in [-0.39, 0.29) is 13.0 Å². The number of nitrogens with one attached hydrogen (secondary N) is 1. The van der Waals surface area contributed by atoms with Crippen LogP contribution in [0.15, 0.2) is 24.3 Å². The molecular weight excluding hydrogens is 298 g/mol. The summed E-state index contributed by atoms with van der Waals surface area (Å²) in [5.74, 6) is -0.542. The Balaban J connectivity index is 2.02. The average molecular weight is 323 g/mol. The van der Waals surface area contributed by atoms with Gasteiger partial charge in [0.15, 0.2) is 0 Å². The molecule has 0 amide bonds. The molecule has 0 aliphatic carbocycles. The number of hydrogen-bond donors (Lipinski definition) is 4. The van der Waals surface area contributed by atoms with Gasteiger partial charge in [-0.15, -0.1) is 0 Å². The van der Waals surface area contributed by atoms with E-state index in [0.29, 0.717) is 18.4 Å². The van der Waals surface area contributed by atoms with Gasteiger partial charge in [0.1, 0.15) is 6.10 Å². The molecule has 0 saturated carbocycles. The molecule has 1 aromatic carbocycles. The molecule has 2 atom stereocenters. The number of aliphatic hydroxyl groups is 3. The molecule has 1 aliphatic rings. The third-order valence-corrected chi connectivity index (χ3v) is 4.27. The standard InChI is InChI=1S/C17H25NO5/c1-2-23-15(20)11-14(19)16(21)12-3-5-13(6-4-12)17(22)7-9-18-10-8-17/h3-6,14,16,18-19,21-22H,2,7-11H2,1H3. The molecule has 23 heavy (non-hydrogen) atoms. The highest BCUT2D eigenvalue weighted by Crippen LogP contribution is 2.31. The number of aliphatic hydroxyl groups excluding tert-OH is 2. The number of esters is 1. The van der Waals surface area contributed by atoms with Crippen LogP contribution in [0.5, 0.6) is 0 Å². The smallest absolute Gasteiger partial charge is 0.308 e. The highest BCUT2D eigenvalue weighted by Gasteiger charge is 2.31. The normalized spacial score (nSPS) is 19.8. The van der Waals surface area contributed by atoms with Gasteiger partial charge in [0.2, 0.25) is 0 Å². The number of benzene rings is 1. The van der Waals surface area contributed by atoms with Gasteiger partial charge < -0.3 is 25.4 Å². The van der Waals surface area contributed by atoms with Crippen LogP contribution in [0, 0.1) is 0 Å². The molecule has 6 heteroatoms. The minimum Gasteiger partial charge on any atom is -0.466 e. The second kappa shape index (κ2) is 7.88. The van der Waals surface area contributed by atoms with Crippen molar-refractivity contribution in [3.8, 4) is 0 Å². The summed E-state index contributed by atoms with van der Waals surface area (Å²) in [6, 6.07) is 6.88. The van der Waals surface area contributed by atoms with Crippen LogP contribution in [0.3, 0.4) is 0 Å². The van der Waals surface area contributed by atoms with Crippen molar-refractivity contribution < 1.29 is 24.9 Å². The first kappa shape index (κ1) is 17.9. The Morgan fingerprint density at radius 3 is 2.43 bits per heavy atom. The third kappa shape index (κ3) is 4.51. The van der Waals surface area contributed by atoms with Gasteiger partial charge in [-0.05, 0) is 44.0 Å². The van der Waals surface area contributed by atoms with E-state index in [0.717, 1.165) is 18.7 Å². The quantitative estimate of drug-likeness (QED) is 0.572. The molecule has 1 fully saturated rings. The van der Waals surface area contributed by atoms with Gasteiger partial charge in [-0.1, -0.05) is 24.3 Å². The Hall–Kier alpha value is -1.47. The molecular formula is C17H25NO5. The van der Waals surface area contributed by atoms with E-state index in [4.69, 9.17) is 4.74 Å². The first-order chi connectivity index (χ1) is 11.0. The van der Waals surface area contributed by atoms with Gasteiger partial charge in [0, 0.05) is 0 Å². The zero-order valence-corrected chi connectivity index (χ0v) is 13.4. The summed E-state index contributed by atoms with van der Waals surface area (Å²) in [6.45, 7) is 3.45. The lowest BCUT2D eigenvalue weighted by Crippen LogP contribution is -2.39. The van der Waals surface area contributed by atoms with Crippen molar-refractivity contribution in [2.24, 2.45) is 0 Å². The van der Waals surface area contributed by atoms with E-state index in [9.17, 15) is 20.1 Å². The van der Waals surface area contributed by atoms with E-state index in [1.165, 1.54) is 0 Å². The molecule has 4 N–H and O–H groups in total. The maximum Gasteiger partial charge on any atom is 0.308 e. The second-order valence-electron chi connectivity index (χ2n) is 5.92. The van der Waals surface area contributed by atoms with Crippen LogP contribution >= 0.6 is 0 Å². The van der Waals surface area contributed by atoms with Crippen molar-refractivity contribution in [1.82, 2.24) is 5.32 Å². The van der Waals surface area contributed by atoms with E-state index >= 15 is 0 Å². The van der Waals surface area contributed by atoms with Gasteiger partial charge in [-0.2, -0.15) is 0 Å². The van der Waals surface area contributed by atoms with Crippen molar-refractivity contribution in [2.75, 3.05) is 19.7 Å². The molecule has 0 radical (unpaired) electrons. The van der Waals surface area contributed by atoms with Crippen molar-refractivity contribution in [3.05, 3.63) is 35.4 Å². The second-order valence-corrected chi connectivity index (χ2v) is 5.92. The predicted molar refractivity (Wildman–Crippen MR) is 84.7 cm³/mol. The number of hydrogen-bond acceptors (Lipinski definition) is 6. The fourth-order valence-corrected chi connectivity index (χ4v) is 2.84. The van der Waals surface area contributed by atoms with Gasteiger partial charge in [0.05, 0.1) is 24.7 Å². The Bertz CT molecular complexity index is 510. The summed E-state index contributed by atoms with van der Waals surface area (Å²) in [5, 5.41) is 33.9. The molecule has 1 aliphatic heterocycles. The SMILES string of the molecule is CCOC(=O)CC(O)C(O)c1ccc(C2(O)CCNCC2)cc1. The molecule has 2 unspecified atom stereocenters. The van der Waals surface area contributed by atoms with Gasteiger partial charge >= 0.3 is 5.97 Å². The zero-order valence-electron chi connectivity index (χ0n) is 13.4. The van der Waals surface area contributed by atoms with E-state index in [1.54, 1.807) is 31.2 Å². The zero-order chi connectivity index (χ0) is 16.9. The number of carbonyl (C=O) groups is 1. The third-order valence-electron chi connectivity index (χ3n) is 4.27. The molecule has 6 nitrogen and oxygen atoms in total. The Kier molecular flexibility index (Phi) is 6.12. The summed E-state index contributed by atoms with van der Waals surface area (Å²) in [6.07, 6.45) is -1.37. The number of piperidine rings is 1. The molecule has 0 spiro atoms. The minimum atomic E-state index is -1.22. The van der Waals surface area contributed by atoms with Crippen LogP contribution < -0.4 is 5.32 Å². The summed E-state index contributed by atoms with van der Waals surface area (Å²) < 4.78 is 4.76. The Labute approximate surface area is 136 Å². The maximum absolute atomic E-state index is 11.4. The van der Waals surface area contributed by atoms with Crippen LogP contribution in [0.2, 0.25) is 0 Å². The highest BCUT2D eigenvalue weighted by molar-refractivity contribution is 5.70. The van der Waals surface area contributed by atoms with Crippen molar-refractivity contribution in [3.63, 3.8) is 0 Å². The lowest BCUT2D eigenvalue weighted by molar-refractivity contribution is -0.147. The molecule has 2 rings (SSSR count). The summed E-state index contributed by atoms with van der Waals surface area (Å²) in [4.78, 5) is 11.4. The molecule has 0 bridgehead atoms. The van der Waals surface area contributed by atoms with Crippen molar-refractivity contribution in [2.45, 2.75) is 44.0 Å². The van der Waals surface area contributed by atoms with Gasteiger partial charge in [0.25, 0.3) is 0 Å². The van der Waals surface area contributed by atoms with Crippen molar-refractivity contribution >= 4 is 5.97 Å². The fourth-order valence-electron chi connectivity index (χ4n) is 2.84. The average Bonchev–Trinajstić information content (AvgIpc) is 2.55. The number of ether oxygens (including phenoxy) is 1. The lowest BCUT2D eigenvalue weighted by atomic mass is 9.84. The van der Waals surface area contributed by atoms with E-state index < -0.39 is 23.8 Å². The fraction of sp³-hybridized carbons (Fsp3) is 0.588.